The Morgan fingerprint density at radius 1 is 1.22 bits per heavy atom. The fourth-order valence-corrected chi connectivity index (χ4v) is 1.55. The molecule has 0 bridgehead atoms. The van der Waals surface area contributed by atoms with E-state index in [2.05, 4.69) is 0 Å². The molecule has 90 valence electrons. The van der Waals surface area contributed by atoms with Crippen LogP contribution >= 0.6 is 0 Å². The number of nitrogens with zero attached hydrogens (tertiary/aromatic N) is 1. The van der Waals surface area contributed by atoms with Crippen molar-refractivity contribution in [2.45, 2.75) is 6.92 Å². The molecule has 18 heavy (non-hydrogen) atoms. The van der Waals surface area contributed by atoms with Crippen molar-refractivity contribution in [2.24, 2.45) is 0 Å². The minimum atomic E-state index is -0.610. The molecule has 0 amide bonds. The van der Waals surface area contributed by atoms with E-state index < -0.39 is 5.82 Å². The minimum absolute atomic E-state index is 0.126. The first-order valence-corrected chi connectivity index (χ1v) is 5.34. The number of hydrogen-bond donors (Lipinski definition) is 1. The standard InChI is InChI=1S/C14H11FN2O/c1-9-5-6-12(17)14(7-9)18-13-4-2-3-11(15)10(13)8-16/h2-7H,17H2,1H3. The van der Waals surface area contributed by atoms with E-state index in [9.17, 15) is 4.39 Å². The fourth-order valence-electron chi connectivity index (χ4n) is 1.55. The van der Waals surface area contributed by atoms with Crippen molar-refractivity contribution in [1.82, 2.24) is 0 Å². The van der Waals surface area contributed by atoms with Crippen LogP contribution in [0.3, 0.4) is 0 Å². The first-order chi connectivity index (χ1) is 8.61. The monoisotopic (exact) mass is 242 g/mol. The van der Waals surface area contributed by atoms with Gasteiger partial charge in [0.05, 0.1) is 5.69 Å². The third-order valence-electron chi connectivity index (χ3n) is 2.48. The minimum Gasteiger partial charge on any atom is -0.454 e. The largest absolute Gasteiger partial charge is 0.454 e. The summed E-state index contributed by atoms with van der Waals surface area (Å²) in [5, 5.41) is 8.90. The molecule has 2 N–H and O–H groups in total. The lowest BCUT2D eigenvalue weighted by molar-refractivity contribution is 0.476. The Morgan fingerprint density at radius 2 is 2.00 bits per heavy atom. The smallest absolute Gasteiger partial charge is 0.150 e. The molecule has 2 rings (SSSR count). The predicted octanol–water partition coefficient (Wildman–Crippen LogP) is 3.38. The molecule has 4 heteroatoms. The van der Waals surface area contributed by atoms with Gasteiger partial charge in [-0.3, -0.25) is 0 Å². The van der Waals surface area contributed by atoms with Gasteiger partial charge in [-0.1, -0.05) is 12.1 Å². The third-order valence-corrected chi connectivity index (χ3v) is 2.48. The second-order valence-corrected chi connectivity index (χ2v) is 3.87. The SMILES string of the molecule is Cc1ccc(N)c(Oc2cccc(F)c2C#N)c1. The van der Waals surface area contributed by atoms with Crippen LogP contribution in [0.2, 0.25) is 0 Å². The highest BCUT2D eigenvalue weighted by Crippen LogP contribution is 2.31. The number of benzene rings is 2. The maximum Gasteiger partial charge on any atom is 0.150 e. The maximum atomic E-state index is 13.4. The van der Waals surface area contributed by atoms with Crippen molar-refractivity contribution < 1.29 is 9.13 Å². The van der Waals surface area contributed by atoms with E-state index in [4.69, 9.17) is 15.7 Å². The Kier molecular flexibility index (Phi) is 3.16. The summed E-state index contributed by atoms with van der Waals surface area (Å²) in [7, 11) is 0. The summed E-state index contributed by atoms with van der Waals surface area (Å²) in [6.45, 7) is 1.89. The number of aryl methyl sites for hydroxylation is 1. The van der Waals surface area contributed by atoms with Crippen molar-refractivity contribution in [3.63, 3.8) is 0 Å². The third kappa shape index (κ3) is 2.25. The Morgan fingerprint density at radius 3 is 2.72 bits per heavy atom. The van der Waals surface area contributed by atoms with Crippen molar-refractivity contribution in [1.29, 1.82) is 5.26 Å². The van der Waals surface area contributed by atoms with Crippen LogP contribution in [0.15, 0.2) is 36.4 Å². The van der Waals surface area contributed by atoms with Crippen molar-refractivity contribution in [3.8, 4) is 17.6 Å². The zero-order chi connectivity index (χ0) is 13.1. The number of anilines is 1. The second-order valence-electron chi connectivity index (χ2n) is 3.87. The van der Waals surface area contributed by atoms with Gasteiger partial charge in [0.15, 0.2) is 5.75 Å². The Bertz CT molecular complexity index is 632. The molecule has 0 saturated heterocycles. The maximum absolute atomic E-state index is 13.4. The number of nitriles is 1. The molecule has 0 aliphatic heterocycles. The highest BCUT2D eigenvalue weighted by Gasteiger charge is 2.11. The first-order valence-electron chi connectivity index (χ1n) is 5.34. The number of hydrogen-bond acceptors (Lipinski definition) is 3. The molecule has 0 heterocycles. The van der Waals surface area contributed by atoms with Crippen LogP contribution < -0.4 is 10.5 Å². The van der Waals surface area contributed by atoms with Gasteiger partial charge in [-0.05, 0) is 36.8 Å². The zero-order valence-corrected chi connectivity index (χ0v) is 9.77. The number of halogens is 1. The van der Waals surface area contributed by atoms with Crippen LogP contribution in [-0.2, 0) is 0 Å². The Labute approximate surface area is 104 Å². The predicted molar refractivity (Wildman–Crippen MR) is 66.8 cm³/mol. The summed E-state index contributed by atoms with van der Waals surface area (Å²) >= 11 is 0. The molecule has 2 aromatic carbocycles. The molecule has 0 aliphatic carbocycles. The lowest BCUT2D eigenvalue weighted by Crippen LogP contribution is -1.95. The summed E-state index contributed by atoms with van der Waals surface area (Å²) < 4.78 is 18.9. The average molecular weight is 242 g/mol. The zero-order valence-electron chi connectivity index (χ0n) is 9.77. The molecule has 0 aromatic heterocycles. The van der Waals surface area contributed by atoms with E-state index in [1.54, 1.807) is 18.2 Å². The van der Waals surface area contributed by atoms with Crippen LogP contribution in [0, 0.1) is 24.1 Å². The van der Waals surface area contributed by atoms with Gasteiger partial charge in [0.2, 0.25) is 0 Å². The van der Waals surface area contributed by atoms with Gasteiger partial charge in [0, 0.05) is 0 Å². The lowest BCUT2D eigenvalue weighted by Gasteiger charge is -2.10. The van der Waals surface area contributed by atoms with E-state index >= 15 is 0 Å². The molecular weight excluding hydrogens is 231 g/mol. The van der Waals surface area contributed by atoms with Gasteiger partial charge in [-0.25, -0.2) is 4.39 Å². The normalized spacial score (nSPS) is 9.83. The fraction of sp³-hybridized carbons (Fsp3) is 0.0714. The van der Waals surface area contributed by atoms with Crippen molar-refractivity contribution in [2.75, 3.05) is 5.73 Å². The first kappa shape index (κ1) is 11.9. The van der Waals surface area contributed by atoms with Crippen LogP contribution in [0.25, 0.3) is 0 Å². The lowest BCUT2D eigenvalue weighted by atomic mass is 10.2. The number of nitrogen functional groups attached to an aromatic ring is 1. The summed E-state index contributed by atoms with van der Waals surface area (Å²) in [6.07, 6.45) is 0. The van der Waals surface area contributed by atoms with Gasteiger partial charge >= 0.3 is 0 Å². The van der Waals surface area contributed by atoms with E-state index in [0.717, 1.165) is 5.56 Å². The summed E-state index contributed by atoms with van der Waals surface area (Å²) in [5.41, 5.74) is 7.04. The summed E-state index contributed by atoms with van der Waals surface area (Å²) in [4.78, 5) is 0. The Balaban J connectivity index is 2.44. The molecule has 0 fully saturated rings. The highest BCUT2D eigenvalue weighted by atomic mass is 19.1. The van der Waals surface area contributed by atoms with Crippen LogP contribution in [0.5, 0.6) is 11.5 Å². The van der Waals surface area contributed by atoms with Gasteiger partial charge in [0.1, 0.15) is 23.2 Å². The van der Waals surface area contributed by atoms with Gasteiger partial charge in [-0.15, -0.1) is 0 Å². The highest BCUT2D eigenvalue weighted by molar-refractivity contribution is 5.56. The molecule has 0 atom stereocenters. The van der Waals surface area contributed by atoms with E-state index in [1.165, 1.54) is 18.2 Å². The van der Waals surface area contributed by atoms with Gasteiger partial charge in [0.25, 0.3) is 0 Å². The number of nitrogens with two attached hydrogens (primary N) is 1. The van der Waals surface area contributed by atoms with Crippen LogP contribution in [0.1, 0.15) is 11.1 Å². The van der Waals surface area contributed by atoms with E-state index in [1.807, 2.05) is 13.0 Å². The molecule has 0 aliphatic rings. The molecule has 2 aromatic rings. The Hall–Kier alpha value is -2.54. The summed E-state index contributed by atoms with van der Waals surface area (Å²) in [5.74, 6) is -0.0341. The van der Waals surface area contributed by atoms with Crippen molar-refractivity contribution >= 4 is 5.69 Å². The number of rotatable bonds is 2. The molecule has 0 saturated carbocycles. The van der Waals surface area contributed by atoms with E-state index in [0.29, 0.717) is 11.4 Å². The molecular formula is C14H11FN2O. The quantitative estimate of drug-likeness (QED) is 0.821. The van der Waals surface area contributed by atoms with Crippen molar-refractivity contribution in [3.05, 3.63) is 53.3 Å². The van der Waals surface area contributed by atoms with E-state index in [-0.39, 0.29) is 11.3 Å². The molecule has 0 radical (unpaired) electrons. The number of ether oxygens (including phenoxy) is 1. The molecule has 3 nitrogen and oxygen atoms in total. The molecule has 0 spiro atoms. The molecule has 0 unspecified atom stereocenters. The van der Waals surface area contributed by atoms with Gasteiger partial charge < -0.3 is 10.5 Å². The van der Waals surface area contributed by atoms with Gasteiger partial charge in [-0.2, -0.15) is 5.26 Å². The summed E-state index contributed by atoms with van der Waals surface area (Å²) in [6, 6.07) is 11.3. The topological polar surface area (TPSA) is 59.0 Å². The second kappa shape index (κ2) is 4.76. The van der Waals surface area contributed by atoms with Crippen LogP contribution in [-0.4, -0.2) is 0 Å². The van der Waals surface area contributed by atoms with Crippen LogP contribution in [0.4, 0.5) is 10.1 Å². The average Bonchev–Trinajstić information content (AvgIpc) is 2.34.